The summed E-state index contributed by atoms with van der Waals surface area (Å²) in [6.45, 7) is 1.60. The summed E-state index contributed by atoms with van der Waals surface area (Å²) in [5.41, 5.74) is 0. The van der Waals surface area contributed by atoms with Gasteiger partial charge in [-0.05, 0) is 26.2 Å². The minimum atomic E-state index is -0.113. The molecule has 1 aliphatic carbocycles. The Balaban J connectivity index is 2.39. The normalized spacial score (nSPS) is 31.8. The lowest BCUT2D eigenvalue weighted by Gasteiger charge is -2.24. The Bertz CT molecular complexity index is 144. The summed E-state index contributed by atoms with van der Waals surface area (Å²) in [5, 5.41) is 8.38. The van der Waals surface area contributed by atoms with Gasteiger partial charge in [-0.1, -0.05) is 6.42 Å². The second-order valence-electron chi connectivity index (χ2n) is 3.20. The summed E-state index contributed by atoms with van der Waals surface area (Å²) in [6, 6.07) is 0. The van der Waals surface area contributed by atoms with Crippen molar-refractivity contribution < 1.29 is 14.9 Å². The third-order valence-electron chi connectivity index (χ3n) is 2.35. The monoisotopic (exact) mass is 158 g/mol. The average Bonchev–Trinajstić information content (AvgIpc) is 2.05. The number of hydrogen-bond acceptors (Lipinski definition) is 3. The van der Waals surface area contributed by atoms with Crippen molar-refractivity contribution in [3.63, 3.8) is 0 Å². The van der Waals surface area contributed by atoms with Crippen LogP contribution in [0.25, 0.3) is 0 Å². The van der Waals surface area contributed by atoms with Crippen molar-refractivity contribution in [3.8, 4) is 0 Å². The third kappa shape index (κ3) is 2.27. The largest absolute Gasteiger partial charge is 0.300 e. The van der Waals surface area contributed by atoms with E-state index in [1.54, 1.807) is 6.92 Å². The zero-order chi connectivity index (χ0) is 8.27. The van der Waals surface area contributed by atoms with Crippen LogP contribution < -0.4 is 0 Å². The van der Waals surface area contributed by atoms with Crippen LogP contribution in [0.5, 0.6) is 0 Å². The van der Waals surface area contributed by atoms with Gasteiger partial charge in [-0.3, -0.25) is 10.1 Å². The molecule has 0 aromatic rings. The van der Waals surface area contributed by atoms with Crippen molar-refractivity contribution in [1.29, 1.82) is 0 Å². The van der Waals surface area contributed by atoms with Crippen molar-refractivity contribution in [3.05, 3.63) is 0 Å². The molecule has 2 atom stereocenters. The average molecular weight is 158 g/mol. The van der Waals surface area contributed by atoms with E-state index in [4.69, 9.17) is 5.26 Å². The first-order valence-electron chi connectivity index (χ1n) is 4.04. The number of hydrogen-bond donors (Lipinski definition) is 1. The number of carbonyl (C=O) groups is 1. The number of Topliss-reactive ketones (excluding diaryl/α,β-unsaturated/α-hetero) is 1. The molecular formula is C8H14O3. The molecule has 0 aromatic heterocycles. The fraction of sp³-hybridized carbons (Fsp3) is 0.875. The highest BCUT2D eigenvalue weighted by molar-refractivity contribution is 5.78. The molecule has 0 heterocycles. The molecule has 1 aliphatic rings. The van der Waals surface area contributed by atoms with E-state index in [-0.39, 0.29) is 17.8 Å². The number of rotatable bonds is 2. The first kappa shape index (κ1) is 8.68. The SMILES string of the molecule is CC(=O)C1CCCC(OO)C1. The quantitative estimate of drug-likeness (QED) is 0.490. The minimum Gasteiger partial charge on any atom is -0.300 e. The predicted octanol–water partition coefficient (Wildman–Crippen LogP) is 1.62. The standard InChI is InChI=1S/C8H14O3/c1-6(9)7-3-2-4-8(5-7)11-10/h7-8,10H,2-5H2,1H3. The Labute approximate surface area is 66.3 Å². The van der Waals surface area contributed by atoms with E-state index in [9.17, 15) is 4.79 Å². The Morgan fingerprint density at radius 1 is 1.55 bits per heavy atom. The molecule has 0 spiro atoms. The van der Waals surface area contributed by atoms with Crippen LogP contribution in [0.1, 0.15) is 32.6 Å². The first-order valence-corrected chi connectivity index (χ1v) is 4.04. The minimum absolute atomic E-state index is 0.112. The number of carbonyl (C=O) groups excluding carboxylic acids is 1. The van der Waals surface area contributed by atoms with E-state index < -0.39 is 0 Å². The maximum atomic E-state index is 10.9. The van der Waals surface area contributed by atoms with Crippen molar-refractivity contribution in [2.24, 2.45) is 5.92 Å². The van der Waals surface area contributed by atoms with E-state index in [0.29, 0.717) is 6.42 Å². The van der Waals surface area contributed by atoms with Crippen LogP contribution in [-0.2, 0) is 9.68 Å². The summed E-state index contributed by atoms with van der Waals surface area (Å²) in [6.07, 6.45) is 3.38. The Morgan fingerprint density at radius 2 is 2.27 bits per heavy atom. The lowest BCUT2D eigenvalue weighted by Crippen LogP contribution is -2.25. The Hall–Kier alpha value is -0.410. The maximum absolute atomic E-state index is 10.9. The molecule has 1 N–H and O–H groups in total. The van der Waals surface area contributed by atoms with Crippen LogP contribution in [0.4, 0.5) is 0 Å². The predicted molar refractivity (Wildman–Crippen MR) is 40.1 cm³/mol. The molecule has 1 rings (SSSR count). The zero-order valence-corrected chi connectivity index (χ0v) is 6.75. The summed E-state index contributed by atoms with van der Waals surface area (Å²) in [4.78, 5) is 15.1. The van der Waals surface area contributed by atoms with E-state index in [0.717, 1.165) is 19.3 Å². The summed E-state index contributed by atoms with van der Waals surface area (Å²) in [5.74, 6) is 0.327. The van der Waals surface area contributed by atoms with Crippen molar-refractivity contribution in [2.75, 3.05) is 0 Å². The van der Waals surface area contributed by atoms with Gasteiger partial charge >= 0.3 is 0 Å². The maximum Gasteiger partial charge on any atom is 0.133 e. The summed E-state index contributed by atoms with van der Waals surface area (Å²) >= 11 is 0. The molecular weight excluding hydrogens is 144 g/mol. The van der Waals surface area contributed by atoms with Crippen molar-refractivity contribution >= 4 is 5.78 Å². The van der Waals surface area contributed by atoms with Gasteiger partial charge in [-0.2, -0.15) is 0 Å². The van der Waals surface area contributed by atoms with E-state index in [1.165, 1.54) is 0 Å². The van der Waals surface area contributed by atoms with E-state index in [1.807, 2.05) is 0 Å². The van der Waals surface area contributed by atoms with Gasteiger partial charge in [0.25, 0.3) is 0 Å². The van der Waals surface area contributed by atoms with Gasteiger partial charge in [0.2, 0.25) is 0 Å². The fourth-order valence-electron chi connectivity index (χ4n) is 1.61. The molecule has 3 heteroatoms. The molecule has 0 aromatic carbocycles. The lowest BCUT2D eigenvalue weighted by molar-refractivity contribution is -0.285. The van der Waals surface area contributed by atoms with Gasteiger partial charge in [-0.25, -0.2) is 4.89 Å². The molecule has 1 fully saturated rings. The lowest BCUT2D eigenvalue weighted by atomic mass is 9.85. The highest BCUT2D eigenvalue weighted by Gasteiger charge is 2.25. The Morgan fingerprint density at radius 3 is 2.82 bits per heavy atom. The van der Waals surface area contributed by atoms with Crippen LogP contribution in [0.2, 0.25) is 0 Å². The van der Waals surface area contributed by atoms with Gasteiger partial charge in [0, 0.05) is 5.92 Å². The molecule has 0 radical (unpaired) electrons. The van der Waals surface area contributed by atoms with Crippen LogP contribution in [0, 0.1) is 5.92 Å². The fourth-order valence-corrected chi connectivity index (χ4v) is 1.61. The smallest absolute Gasteiger partial charge is 0.133 e. The Kier molecular flexibility index (Phi) is 3.02. The molecule has 3 nitrogen and oxygen atoms in total. The zero-order valence-electron chi connectivity index (χ0n) is 6.75. The van der Waals surface area contributed by atoms with Crippen LogP contribution in [0.3, 0.4) is 0 Å². The van der Waals surface area contributed by atoms with E-state index in [2.05, 4.69) is 4.89 Å². The molecule has 1 saturated carbocycles. The van der Waals surface area contributed by atoms with Crippen molar-refractivity contribution in [1.82, 2.24) is 0 Å². The second-order valence-corrected chi connectivity index (χ2v) is 3.20. The van der Waals surface area contributed by atoms with Gasteiger partial charge in [-0.15, -0.1) is 0 Å². The molecule has 0 aliphatic heterocycles. The summed E-state index contributed by atoms with van der Waals surface area (Å²) in [7, 11) is 0. The topological polar surface area (TPSA) is 46.5 Å². The van der Waals surface area contributed by atoms with Crippen LogP contribution in [0.15, 0.2) is 0 Å². The molecule has 2 unspecified atom stereocenters. The van der Waals surface area contributed by atoms with Crippen LogP contribution >= 0.6 is 0 Å². The van der Waals surface area contributed by atoms with Gasteiger partial charge in [0.05, 0.1) is 6.10 Å². The van der Waals surface area contributed by atoms with Gasteiger partial charge in [0.15, 0.2) is 0 Å². The van der Waals surface area contributed by atoms with Gasteiger partial charge in [0.1, 0.15) is 5.78 Å². The molecule has 64 valence electrons. The van der Waals surface area contributed by atoms with Crippen molar-refractivity contribution in [2.45, 2.75) is 38.7 Å². The molecule has 0 saturated heterocycles. The first-order chi connectivity index (χ1) is 5.24. The second kappa shape index (κ2) is 3.83. The number of ketones is 1. The van der Waals surface area contributed by atoms with Gasteiger partial charge < -0.3 is 0 Å². The van der Waals surface area contributed by atoms with Crippen LogP contribution in [-0.4, -0.2) is 17.1 Å². The molecule has 0 bridgehead atoms. The van der Waals surface area contributed by atoms with E-state index >= 15 is 0 Å². The molecule has 11 heavy (non-hydrogen) atoms. The highest BCUT2D eigenvalue weighted by atomic mass is 17.1. The molecule has 0 amide bonds. The third-order valence-corrected chi connectivity index (χ3v) is 2.35. The highest BCUT2D eigenvalue weighted by Crippen LogP contribution is 2.26. The summed E-state index contributed by atoms with van der Waals surface area (Å²) < 4.78 is 0.